The summed E-state index contributed by atoms with van der Waals surface area (Å²) in [7, 11) is -3.40. The van der Waals surface area contributed by atoms with Crippen molar-refractivity contribution in [1.29, 1.82) is 0 Å². The molecule has 1 amide bonds. The molecule has 22 heavy (non-hydrogen) atoms. The van der Waals surface area contributed by atoms with Crippen molar-refractivity contribution in [2.45, 2.75) is 32.7 Å². The number of hydrogen-bond donors (Lipinski definition) is 1. The van der Waals surface area contributed by atoms with E-state index in [1.807, 2.05) is 25.1 Å². The summed E-state index contributed by atoms with van der Waals surface area (Å²) in [4.78, 5) is 11.9. The van der Waals surface area contributed by atoms with Crippen molar-refractivity contribution in [2.75, 3.05) is 19.3 Å². The highest BCUT2D eigenvalue weighted by Gasteiger charge is 2.24. The zero-order valence-corrected chi connectivity index (χ0v) is 14.7. The highest BCUT2D eigenvalue weighted by Crippen LogP contribution is 2.11. The first kappa shape index (κ1) is 18.9. The van der Waals surface area contributed by atoms with Crippen molar-refractivity contribution in [1.82, 2.24) is 9.62 Å². The Bertz CT molecular complexity index is 605. The van der Waals surface area contributed by atoms with Gasteiger partial charge in [-0.25, -0.2) is 8.42 Å². The lowest BCUT2D eigenvalue weighted by Crippen LogP contribution is -2.44. The zero-order chi connectivity index (χ0) is 16.8. The van der Waals surface area contributed by atoms with Crippen molar-refractivity contribution in [3.63, 3.8) is 0 Å². The standard InChI is InChI=1S/C15H23ClN2O3S/c1-4-12(2)18(22(3,20)21)11-15(19)17-9-8-13-6-5-7-14(16)10-13/h5-7,10,12H,4,8-9,11H2,1-3H3,(H,17,19). The summed E-state index contributed by atoms with van der Waals surface area (Å²) in [5.41, 5.74) is 1.02. The van der Waals surface area contributed by atoms with Crippen LogP contribution in [-0.4, -0.2) is 44.0 Å². The van der Waals surface area contributed by atoms with Crippen molar-refractivity contribution < 1.29 is 13.2 Å². The van der Waals surface area contributed by atoms with Crippen LogP contribution >= 0.6 is 11.6 Å². The SMILES string of the molecule is CCC(C)N(CC(=O)NCCc1cccc(Cl)c1)S(C)(=O)=O. The molecular formula is C15H23ClN2O3S. The number of benzene rings is 1. The number of carbonyl (C=O) groups is 1. The Kier molecular flexibility index (Phi) is 7.32. The summed E-state index contributed by atoms with van der Waals surface area (Å²) in [6, 6.07) is 7.22. The van der Waals surface area contributed by atoms with E-state index >= 15 is 0 Å². The Morgan fingerprint density at radius 1 is 1.41 bits per heavy atom. The van der Waals surface area contributed by atoms with E-state index in [1.54, 1.807) is 13.0 Å². The molecule has 1 atom stereocenters. The minimum absolute atomic E-state index is 0.149. The Balaban J connectivity index is 2.51. The van der Waals surface area contributed by atoms with E-state index in [0.29, 0.717) is 24.4 Å². The number of carbonyl (C=O) groups excluding carboxylic acids is 1. The number of halogens is 1. The van der Waals surface area contributed by atoms with Crippen LogP contribution in [0.2, 0.25) is 5.02 Å². The fourth-order valence-corrected chi connectivity index (χ4v) is 3.41. The van der Waals surface area contributed by atoms with Gasteiger partial charge in [-0.1, -0.05) is 30.7 Å². The quantitative estimate of drug-likeness (QED) is 0.783. The Morgan fingerprint density at radius 3 is 2.64 bits per heavy atom. The molecule has 0 aliphatic carbocycles. The predicted molar refractivity (Wildman–Crippen MR) is 89.5 cm³/mol. The first-order valence-corrected chi connectivity index (χ1v) is 9.44. The summed E-state index contributed by atoms with van der Waals surface area (Å²) in [6.45, 7) is 3.97. The number of nitrogens with zero attached hydrogens (tertiary/aromatic N) is 1. The number of amides is 1. The zero-order valence-electron chi connectivity index (χ0n) is 13.2. The van der Waals surface area contributed by atoms with Gasteiger partial charge >= 0.3 is 0 Å². The van der Waals surface area contributed by atoms with Crippen LogP contribution in [0.15, 0.2) is 24.3 Å². The predicted octanol–water partition coefficient (Wildman–Crippen LogP) is 2.06. The van der Waals surface area contributed by atoms with E-state index in [4.69, 9.17) is 11.6 Å². The minimum Gasteiger partial charge on any atom is -0.355 e. The lowest BCUT2D eigenvalue weighted by molar-refractivity contribution is -0.121. The Morgan fingerprint density at radius 2 is 2.09 bits per heavy atom. The van der Waals surface area contributed by atoms with Gasteiger partial charge in [0.2, 0.25) is 15.9 Å². The van der Waals surface area contributed by atoms with Crippen molar-refractivity contribution in [3.05, 3.63) is 34.9 Å². The van der Waals surface area contributed by atoms with E-state index in [2.05, 4.69) is 5.32 Å². The van der Waals surface area contributed by atoms with Crippen LogP contribution in [0, 0.1) is 0 Å². The molecule has 0 saturated heterocycles. The number of hydrogen-bond acceptors (Lipinski definition) is 3. The first-order chi connectivity index (χ1) is 10.2. The van der Waals surface area contributed by atoms with Crippen LogP contribution in [0.1, 0.15) is 25.8 Å². The lowest BCUT2D eigenvalue weighted by atomic mass is 10.1. The van der Waals surface area contributed by atoms with Crippen LogP contribution in [0.25, 0.3) is 0 Å². The molecule has 1 unspecified atom stereocenters. The molecule has 1 aromatic rings. The van der Waals surface area contributed by atoms with Crippen LogP contribution in [0.3, 0.4) is 0 Å². The molecular weight excluding hydrogens is 324 g/mol. The minimum atomic E-state index is -3.40. The van der Waals surface area contributed by atoms with E-state index in [0.717, 1.165) is 11.8 Å². The van der Waals surface area contributed by atoms with Crippen LogP contribution in [0.5, 0.6) is 0 Å². The van der Waals surface area contributed by atoms with Gasteiger partial charge in [-0.2, -0.15) is 4.31 Å². The van der Waals surface area contributed by atoms with E-state index in [-0.39, 0.29) is 18.5 Å². The molecule has 1 rings (SSSR count). The van der Waals surface area contributed by atoms with Gasteiger partial charge in [-0.05, 0) is 37.5 Å². The fraction of sp³-hybridized carbons (Fsp3) is 0.533. The van der Waals surface area contributed by atoms with Gasteiger partial charge in [0.05, 0.1) is 12.8 Å². The van der Waals surface area contributed by atoms with Gasteiger partial charge in [0.25, 0.3) is 0 Å². The molecule has 0 radical (unpaired) electrons. The van der Waals surface area contributed by atoms with Gasteiger partial charge in [0.15, 0.2) is 0 Å². The van der Waals surface area contributed by atoms with Crippen molar-refractivity contribution in [3.8, 4) is 0 Å². The molecule has 124 valence electrons. The summed E-state index contributed by atoms with van der Waals surface area (Å²) in [5, 5.41) is 3.40. The molecule has 0 aromatic heterocycles. The van der Waals surface area contributed by atoms with Crippen LogP contribution < -0.4 is 5.32 Å². The molecule has 0 saturated carbocycles. The molecule has 5 nitrogen and oxygen atoms in total. The normalized spacial score (nSPS) is 13.1. The average Bonchev–Trinajstić information content (AvgIpc) is 2.43. The lowest BCUT2D eigenvalue weighted by Gasteiger charge is -2.25. The largest absolute Gasteiger partial charge is 0.355 e. The van der Waals surface area contributed by atoms with E-state index in [1.165, 1.54) is 4.31 Å². The second-order valence-electron chi connectivity index (χ2n) is 5.30. The maximum Gasteiger partial charge on any atom is 0.235 e. The number of sulfonamides is 1. The molecule has 0 aliphatic rings. The third-order valence-electron chi connectivity index (χ3n) is 3.43. The van der Waals surface area contributed by atoms with Crippen LogP contribution in [0.4, 0.5) is 0 Å². The maximum absolute atomic E-state index is 11.9. The number of nitrogens with one attached hydrogen (secondary N) is 1. The highest BCUT2D eigenvalue weighted by atomic mass is 35.5. The van der Waals surface area contributed by atoms with Gasteiger partial charge in [0, 0.05) is 17.6 Å². The smallest absolute Gasteiger partial charge is 0.235 e. The maximum atomic E-state index is 11.9. The van der Waals surface area contributed by atoms with Crippen molar-refractivity contribution >= 4 is 27.5 Å². The summed E-state index contributed by atoms with van der Waals surface area (Å²) in [5.74, 6) is -0.298. The molecule has 0 bridgehead atoms. The second kappa shape index (κ2) is 8.50. The topological polar surface area (TPSA) is 66.5 Å². The van der Waals surface area contributed by atoms with E-state index < -0.39 is 10.0 Å². The molecule has 0 aliphatic heterocycles. The third kappa shape index (κ3) is 6.34. The molecule has 0 spiro atoms. The molecule has 7 heteroatoms. The van der Waals surface area contributed by atoms with E-state index in [9.17, 15) is 13.2 Å². The summed E-state index contributed by atoms with van der Waals surface area (Å²) in [6.07, 6.45) is 2.43. The van der Waals surface area contributed by atoms with Gasteiger partial charge < -0.3 is 5.32 Å². The molecule has 1 N–H and O–H groups in total. The molecule has 1 aromatic carbocycles. The molecule has 0 heterocycles. The monoisotopic (exact) mass is 346 g/mol. The first-order valence-electron chi connectivity index (χ1n) is 7.22. The molecule has 0 fully saturated rings. The summed E-state index contributed by atoms with van der Waals surface area (Å²) < 4.78 is 24.7. The number of rotatable bonds is 8. The third-order valence-corrected chi connectivity index (χ3v) is 5.01. The van der Waals surface area contributed by atoms with Gasteiger partial charge in [0.1, 0.15) is 0 Å². The summed E-state index contributed by atoms with van der Waals surface area (Å²) >= 11 is 5.90. The van der Waals surface area contributed by atoms with Crippen LogP contribution in [-0.2, 0) is 21.2 Å². The van der Waals surface area contributed by atoms with Gasteiger partial charge in [-0.3, -0.25) is 4.79 Å². The highest BCUT2D eigenvalue weighted by molar-refractivity contribution is 7.88. The van der Waals surface area contributed by atoms with Gasteiger partial charge in [-0.15, -0.1) is 0 Å². The second-order valence-corrected chi connectivity index (χ2v) is 7.67. The average molecular weight is 347 g/mol. The van der Waals surface area contributed by atoms with Crippen molar-refractivity contribution in [2.24, 2.45) is 0 Å². The fourth-order valence-electron chi connectivity index (χ4n) is 2.04. The Labute approximate surface area is 137 Å². The Hall–Kier alpha value is -1.11.